The van der Waals surface area contributed by atoms with Gasteiger partial charge >= 0.3 is 0 Å². The molecule has 0 saturated carbocycles. The molecule has 0 aliphatic heterocycles. The largest absolute Gasteiger partial charge is 0.455 e. The van der Waals surface area contributed by atoms with Gasteiger partial charge in [0.05, 0.1) is 5.56 Å². The first-order valence-electron chi connectivity index (χ1n) is 16.5. The fourth-order valence-electron chi connectivity index (χ4n) is 7.21. The lowest BCUT2D eigenvalue weighted by atomic mass is 9.91. The number of aromatic nitrogens is 3. The Balaban J connectivity index is 1.27. The number of furan rings is 1. The van der Waals surface area contributed by atoms with Gasteiger partial charge in [-0.2, -0.15) is 0 Å². The summed E-state index contributed by atoms with van der Waals surface area (Å²) < 4.78 is 7.01. The van der Waals surface area contributed by atoms with Gasteiger partial charge in [0.15, 0.2) is 17.5 Å². The minimum absolute atomic E-state index is 0.574. The lowest BCUT2D eigenvalue weighted by molar-refractivity contribution is 0.673. The van der Waals surface area contributed by atoms with Gasteiger partial charge in [-0.05, 0) is 56.3 Å². The van der Waals surface area contributed by atoms with E-state index in [2.05, 4.69) is 97.1 Å². The van der Waals surface area contributed by atoms with E-state index in [1.807, 2.05) is 66.7 Å². The van der Waals surface area contributed by atoms with Gasteiger partial charge in [0.2, 0.25) is 0 Å². The summed E-state index contributed by atoms with van der Waals surface area (Å²) in [4.78, 5) is 15.0. The molecule has 10 rings (SSSR count). The minimum Gasteiger partial charge on any atom is -0.455 e. The zero-order valence-corrected chi connectivity index (χ0v) is 26.3. The summed E-state index contributed by atoms with van der Waals surface area (Å²) in [5.74, 6) is 1.81. The normalized spacial score (nSPS) is 11.7. The van der Waals surface area contributed by atoms with E-state index >= 15 is 0 Å². The van der Waals surface area contributed by atoms with Crippen molar-refractivity contribution in [2.75, 3.05) is 0 Å². The van der Waals surface area contributed by atoms with Gasteiger partial charge in [-0.3, -0.25) is 0 Å². The highest BCUT2D eigenvalue weighted by Gasteiger charge is 2.20. The Labute approximate surface area is 282 Å². The number of fused-ring (bicyclic) bond motifs is 10. The van der Waals surface area contributed by atoms with Crippen LogP contribution in [-0.2, 0) is 0 Å². The number of rotatable bonds is 4. The summed E-state index contributed by atoms with van der Waals surface area (Å²) in [6, 6.07) is 56.8. The maximum Gasteiger partial charge on any atom is 0.167 e. The van der Waals surface area contributed by atoms with E-state index in [0.29, 0.717) is 17.5 Å². The number of benzene rings is 8. The SMILES string of the molecule is c1ccc(-c2ccc3c4ccccc4c4c(ccc5c6cccc(-c7nc(-c8ccccc8)nc(-c8ccccc8)n7)c6oc54)c3c2)cc1. The fraction of sp³-hybridized carbons (Fsp3) is 0. The van der Waals surface area contributed by atoms with Crippen LogP contribution in [0, 0.1) is 0 Å². The van der Waals surface area contributed by atoms with Crippen molar-refractivity contribution in [1.29, 1.82) is 0 Å². The van der Waals surface area contributed by atoms with E-state index < -0.39 is 0 Å². The van der Waals surface area contributed by atoms with Crippen molar-refractivity contribution < 1.29 is 4.42 Å². The predicted molar refractivity (Wildman–Crippen MR) is 201 cm³/mol. The number of nitrogens with zero attached hydrogens (tertiary/aromatic N) is 3. The maximum absolute atomic E-state index is 7.01. The molecule has 10 aromatic rings. The number of hydrogen-bond donors (Lipinski definition) is 0. The molecule has 4 heteroatoms. The van der Waals surface area contributed by atoms with Crippen LogP contribution in [0.2, 0.25) is 0 Å². The molecular formula is C45H27N3O. The highest BCUT2D eigenvalue weighted by molar-refractivity contribution is 6.32. The van der Waals surface area contributed by atoms with Crippen molar-refractivity contribution in [2.45, 2.75) is 0 Å². The number of hydrogen-bond acceptors (Lipinski definition) is 4. The highest BCUT2D eigenvalue weighted by Crippen LogP contribution is 2.44. The Morgan fingerprint density at radius 1 is 0.306 bits per heavy atom. The molecule has 0 radical (unpaired) electrons. The van der Waals surface area contributed by atoms with Crippen LogP contribution in [0.5, 0.6) is 0 Å². The van der Waals surface area contributed by atoms with Gasteiger partial charge < -0.3 is 4.42 Å². The first kappa shape index (κ1) is 27.5. The smallest absolute Gasteiger partial charge is 0.167 e. The van der Waals surface area contributed by atoms with Gasteiger partial charge in [0, 0.05) is 27.3 Å². The molecule has 0 atom stereocenters. The molecule has 2 aromatic heterocycles. The molecule has 0 aliphatic rings. The van der Waals surface area contributed by atoms with Crippen LogP contribution >= 0.6 is 0 Å². The van der Waals surface area contributed by atoms with Crippen LogP contribution in [0.25, 0.3) is 99.5 Å². The van der Waals surface area contributed by atoms with E-state index in [1.165, 1.54) is 32.7 Å². The van der Waals surface area contributed by atoms with Crippen LogP contribution in [0.15, 0.2) is 168 Å². The van der Waals surface area contributed by atoms with Crippen LogP contribution in [-0.4, -0.2) is 15.0 Å². The Morgan fingerprint density at radius 2 is 0.796 bits per heavy atom. The summed E-state index contributed by atoms with van der Waals surface area (Å²) in [7, 11) is 0. The topological polar surface area (TPSA) is 51.8 Å². The van der Waals surface area contributed by atoms with Gasteiger partial charge in [-0.25, -0.2) is 15.0 Å². The monoisotopic (exact) mass is 625 g/mol. The summed E-state index contributed by atoms with van der Waals surface area (Å²) in [5.41, 5.74) is 6.70. The van der Waals surface area contributed by atoms with E-state index in [-0.39, 0.29) is 0 Å². The minimum atomic E-state index is 0.574. The average molecular weight is 626 g/mol. The molecule has 49 heavy (non-hydrogen) atoms. The molecule has 0 saturated heterocycles. The summed E-state index contributed by atoms with van der Waals surface area (Å²) in [6.45, 7) is 0. The first-order chi connectivity index (χ1) is 24.3. The Kier molecular flexibility index (Phi) is 6.15. The lowest BCUT2D eigenvalue weighted by Gasteiger charge is -2.12. The summed E-state index contributed by atoms with van der Waals surface area (Å²) in [5, 5.41) is 9.17. The second kappa shape index (κ2) is 11.0. The van der Waals surface area contributed by atoms with Crippen LogP contribution in [0.4, 0.5) is 0 Å². The van der Waals surface area contributed by atoms with Gasteiger partial charge in [-0.1, -0.05) is 146 Å². The van der Waals surface area contributed by atoms with Gasteiger partial charge in [-0.15, -0.1) is 0 Å². The average Bonchev–Trinajstić information content (AvgIpc) is 3.58. The second-order valence-electron chi connectivity index (χ2n) is 12.4. The van der Waals surface area contributed by atoms with Crippen LogP contribution < -0.4 is 0 Å². The highest BCUT2D eigenvalue weighted by atomic mass is 16.3. The van der Waals surface area contributed by atoms with Gasteiger partial charge in [0.1, 0.15) is 11.2 Å². The molecule has 4 nitrogen and oxygen atoms in total. The molecule has 0 bridgehead atoms. The third-order valence-electron chi connectivity index (χ3n) is 9.51. The first-order valence-corrected chi connectivity index (χ1v) is 16.5. The van der Waals surface area contributed by atoms with E-state index in [1.54, 1.807) is 0 Å². The van der Waals surface area contributed by atoms with Crippen molar-refractivity contribution >= 4 is 54.3 Å². The standard InChI is InChI=1S/C45H27N3O/c1-4-13-28(14-5-1)31-23-24-33-32-19-10-11-20-34(32)40-35(39(33)27-31)25-26-37-36-21-12-22-38(41(36)49-42(37)40)45-47-43(29-15-6-2-7-16-29)46-44(48-45)30-17-8-3-9-18-30/h1-27H. The van der Waals surface area contributed by atoms with Crippen LogP contribution in [0.1, 0.15) is 0 Å². The molecule has 0 amide bonds. The van der Waals surface area contributed by atoms with Crippen molar-refractivity contribution in [1.82, 2.24) is 15.0 Å². The second-order valence-corrected chi connectivity index (χ2v) is 12.4. The number of para-hydroxylation sites is 1. The Bertz CT molecular complexity index is 2800. The molecule has 0 unspecified atom stereocenters. The third kappa shape index (κ3) is 4.42. The molecule has 8 aromatic carbocycles. The van der Waals surface area contributed by atoms with Crippen molar-refractivity contribution in [3.05, 3.63) is 164 Å². The zero-order valence-electron chi connectivity index (χ0n) is 26.3. The molecule has 0 fully saturated rings. The van der Waals surface area contributed by atoms with E-state index in [9.17, 15) is 0 Å². The molecule has 0 N–H and O–H groups in total. The molecule has 228 valence electrons. The van der Waals surface area contributed by atoms with Crippen molar-refractivity contribution in [2.24, 2.45) is 0 Å². The van der Waals surface area contributed by atoms with Crippen molar-refractivity contribution in [3.8, 4) is 45.3 Å². The summed E-state index contributed by atoms with van der Waals surface area (Å²) in [6.07, 6.45) is 0. The Morgan fingerprint density at radius 3 is 1.49 bits per heavy atom. The van der Waals surface area contributed by atoms with E-state index in [0.717, 1.165) is 49.4 Å². The Hall–Kier alpha value is -6.65. The zero-order chi connectivity index (χ0) is 32.3. The quantitative estimate of drug-likeness (QED) is 0.183. The predicted octanol–water partition coefficient (Wildman–Crippen LogP) is 11.9. The molecule has 0 spiro atoms. The van der Waals surface area contributed by atoms with Gasteiger partial charge in [0.25, 0.3) is 0 Å². The summed E-state index contributed by atoms with van der Waals surface area (Å²) >= 11 is 0. The fourth-order valence-corrected chi connectivity index (χ4v) is 7.21. The van der Waals surface area contributed by atoms with E-state index in [4.69, 9.17) is 19.4 Å². The third-order valence-corrected chi connectivity index (χ3v) is 9.51. The van der Waals surface area contributed by atoms with Crippen LogP contribution in [0.3, 0.4) is 0 Å². The molecular weight excluding hydrogens is 599 g/mol. The molecule has 2 heterocycles. The van der Waals surface area contributed by atoms with Crippen molar-refractivity contribution in [3.63, 3.8) is 0 Å². The lowest BCUT2D eigenvalue weighted by Crippen LogP contribution is -2.00. The maximum atomic E-state index is 7.01. The molecule has 0 aliphatic carbocycles.